The highest BCUT2D eigenvalue weighted by molar-refractivity contribution is 5.95. The average molecular weight is 216 g/mol. The van der Waals surface area contributed by atoms with Gasteiger partial charge in [0.15, 0.2) is 0 Å². The molecular formula is C13H16N2O. The van der Waals surface area contributed by atoms with Crippen molar-refractivity contribution in [1.82, 2.24) is 5.32 Å². The second-order valence-corrected chi connectivity index (χ2v) is 3.84. The van der Waals surface area contributed by atoms with Crippen LogP contribution in [0.4, 0.5) is 0 Å². The van der Waals surface area contributed by atoms with Crippen molar-refractivity contribution in [3.8, 4) is 6.07 Å². The number of nitriles is 1. The highest BCUT2D eigenvalue weighted by Crippen LogP contribution is 2.10. The molecule has 0 radical (unpaired) electrons. The molecule has 0 spiro atoms. The lowest BCUT2D eigenvalue weighted by atomic mass is 10.1. The number of hydrogen-bond acceptors (Lipinski definition) is 2. The highest BCUT2D eigenvalue weighted by Gasteiger charge is 2.07. The van der Waals surface area contributed by atoms with Crippen molar-refractivity contribution in [3.63, 3.8) is 0 Å². The topological polar surface area (TPSA) is 52.9 Å². The molecule has 0 saturated heterocycles. The first-order valence-electron chi connectivity index (χ1n) is 5.37. The lowest BCUT2D eigenvalue weighted by molar-refractivity contribution is 0.0952. The van der Waals surface area contributed by atoms with E-state index < -0.39 is 0 Å². The van der Waals surface area contributed by atoms with Gasteiger partial charge >= 0.3 is 0 Å². The molecule has 16 heavy (non-hydrogen) atoms. The number of nitrogens with one attached hydrogen (secondary N) is 1. The van der Waals surface area contributed by atoms with Crippen molar-refractivity contribution < 1.29 is 4.79 Å². The van der Waals surface area contributed by atoms with Gasteiger partial charge in [-0.25, -0.2) is 0 Å². The lowest BCUT2D eigenvalue weighted by Crippen LogP contribution is -2.25. The molecule has 84 valence electrons. The Morgan fingerprint density at radius 1 is 1.44 bits per heavy atom. The first-order chi connectivity index (χ1) is 7.65. The molecule has 0 aliphatic rings. The molecule has 0 bridgehead atoms. The molecule has 1 N–H and O–H groups in total. The number of carbonyl (C=O) groups excluding carboxylic acids is 1. The smallest absolute Gasteiger partial charge is 0.251 e. The van der Waals surface area contributed by atoms with Crippen molar-refractivity contribution in [2.75, 3.05) is 6.54 Å². The Morgan fingerprint density at radius 2 is 2.19 bits per heavy atom. The molecule has 0 fully saturated rings. The normalized spacial score (nSPS) is 9.56. The Hall–Kier alpha value is -1.82. The number of rotatable bonds is 4. The summed E-state index contributed by atoms with van der Waals surface area (Å²) in [7, 11) is 0. The summed E-state index contributed by atoms with van der Waals surface area (Å²) in [5, 5.41) is 11.2. The number of benzene rings is 1. The van der Waals surface area contributed by atoms with Crippen LogP contribution in [0.2, 0.25) is 0 Å². The summed E-state index contributed by atoms with van der Waals surface area (Å²) in [5.41, 5.74) is 2.85. The fourth-order valence-corrected chi connectivity index (χ4v) is 1.53. The van der Waals surface area contributed by atoms with Gasteiger partial charge in [-0.3, -0.25) is 4.79 Å². The van der Waals surface area contributed by atoms with E-state index in [-0.39, 0.29) is 5.91 Å². The minimum atomic E-state index is -0.0598. The van der Waals surface area contributed by atoms with Crippen LogP contribution in [0.3, 0.4) is 0 Å². The number of amides is 1. The molecule has 0 unspecified atom stereocenters. The maximum Gasteiger partial charge on any atom is 0.251 e. The third kappa shape index (κ3) is 3.39. The van der Waals surface area contributed by atoms with Crippen LogP contribution in [0.1, 0.15) is 34.3 Å². The maximum atomic E-state index is 11.7. The first kappa shape index (κ1) is 12.3. The van der Waals surface area contributed by atoms with Gasteiger partial charge in [0.05, 0.1) is 6.07 Å². The monoisotopic (exact) mass is 216 g/mol. The predicted octanol–water partition coefficient (Wildman–Crippen LogP) is 2.34. The SMILES string of the molecule is Cc1ccc(C(=O)NCCCC#N)c(C)c1. The van der Waals surface area contributed by atoms with Crippen LogP contribution in [0.25, 0.3) is 0 Å². The van der Waals surface area contributed by atoms with Crippen LogP contribution < -0.4 is 5.32 Å². The summed E-state index contributed by atoms with van der Waals surface area (Å²) in [6.07, 6.45) is 1.18. The number of carbonyl (C=O) groups is 1. The van der Waals surface area contributed by atoms with Gasteiger partial charge in [0.1, 0.15) is 0 Å². The van der Waals surface area contributed by atoms with E-state index in [4.69, 9.17) is 5.26 Å². The second kappa shape index (κ2) is 5.92. The minimum Gasteiger partial charge on any atom is -0.352 e. The van der Waals surface area contributed by atoms with Gasteiger partial charge < -0.3 is 5.32 Å². The van der Waals surface area contributed by atoms with E-state index >= 15 is 0 Å². The van der Waals surface area contributed by atoms with E-state index in [0.29, 0.717) is 24.9 Å². The van der Waals surface area contributed by atoms with Crippen molar-refractivity contribution in [2.45, 2.75) is 26.7 Å². The molecule has 0 aromatic heterocycles. The summed E-state index contributed by atoms with van der Waals surface area (Å²) in [4.78, 5) is 11.7. The quantitative estimate of drug-likeness (QED) is 0.785. The predicted molar refractivity (Wildman–Crippen MR) is 63.1 cm³/mol. The van der Waals surface area contributed by atoms with Crippen molar-refractivity contribution in [1.29, 1.82) is 5.26 Å². The Kier molecular flexibility index (Phi) is 4.53. The Bertz CT molecular complexity index is 418. The number of hydrogen-bond donors (Lipinski definition) is 1. The van der Waals surface area contributed by atoms with E-state index in [2.05, 4.69) is 5.32 Å². The van der Waals surface area contributed by atoms with Crippen molar-refractivity contribution in [2.24, 2.45) is 0 Å². The third-order valence-corrected chi connectivity index (χ3v) is 2.38. The zero-order chi connectivity index (χ0) is 12.0. The van der Waals surface area contributed by atoms with Gasteiger partial charge in [0.25, 0.3) is 5.91 Å². The second-order valence-electron chi connectivity index (χ2n) is 3.84. The largest absolute Gasteiger partial charge is 0.352 e. The Morgan fingerprint density at radius 3 is 2.81 bits per heavy atom. The van der Waals surface area contributed by atoms with Crippen molar-refractivity contribution >= 4 is 5.91 Å². The van der Waals surface area contributed by atoms with Gasteiger partial charge in [-0.1, -0.05) is 17.7 Å². The standard InChI is InChI=1S/C13H16N2O/c1-10-5-6-12(11(2)9-10)13(16)15-8-4-3-7-14/h5-6,9H,3-4,8H2,1-2H3,(H,15,16). The first-order valence-corrected chi connectivity index (χ1v) is 5.37. The molecule has 1 aromatic carbocycles. The molecule has 1 aromatic rings. The van der Waals surface area contributed by atoms with E-state index in [9.17, 15) is 4.79 Å². The molecular weight excluding hydrogens is 200 g/mol. The van der Waals surface area contributed by atoms with Crippen LogP contribution in [0.5, 0.6) is 0 Å². The third-order valence-electron chi connectivity index (χ3n) is 2.38. The van der Waals surface area contributed by atoms with E-state index in [1.807, 2.05) is 38.1 Å². The summed E-state index contributed by atoms with van der Waals surface area (Å²) < 4.78 is 0. The van der Waals surface area contributed by atoms with Crippen LogP contribution in [-0.2, 0) is 0 Å². The summed E-state index contributed by atoms with van der Waals surface area (Å²) in [5.74, 6) is -0.0598. The van der Waals surface area contributed by atoms with Crippen molar-refractivity contribution in [3.05, 3.63) is 34.9 Å². The zero-order valence-electron chi connectivity index (χ0n) is 9.71. The van der Waals surface area contributed by atoms with Crippen LogP contribution in [-0.4, -0.2) is 12.5 Å². The van der Waals surface area contributed by atoms with Gasteiger partial charge in [-0.05, 0) is 31.9 Å². The van der Waals surface area contributed by atoms with Crippen LogP contribution in [0.15, 0.2) is 18.2 Å². The molecule has 3 heteroatoms. The highest BCUT2D eigenvalue weighted by atomic mass is 16.1. The average Bonchev–Trinajstić information content (AvgIpc) is 2.24. The van der Waals surface area contributed by atoms with E-state index in [1.54, 1.807) is 0 Å². The Balaban J connectivity index is 2.57. The van der Waals surface area contributed by atoms with E-state index in [0.717, 1.165) is 11.1 Å². The van der Waals surface area contributed by atoms with Crippen LogP contribution >= 0.6 is 0 Å². The molecule has 0 atom stereocenters. The minimum absolute atomic E-state index is 0.0598. The number of unbranched alkanes of at least 4 members (excludes halogenated alkanes) is 1. The van der Waals surface area contributed by atoms with Crippen LogP contribution in [0, 0.1) is 25.2 Å². The van der Waals surface area contributed by atoms with Gasteiger partial charge in [-0.15, -0.1) is 0 Å². The number of aryl methyl sites for hydroxylation is 2. The summed E-state index contributed by atoms with van der Waals surface area (Å²) >= 11 is 0. The maximum absolute atomic E-state index is 11.7. The number of nitrogens with zero attached hydrogens (tertiary/aromatic N) is 1. The molecule has 1 amide bonds. The van der Waals surface area contributed by atoms with Gasteiger partial charge in [-0.2, -0.15) is 5.26 Å². The fourth-order valence-electron chi connectivity index (χ4n) is 1.53. The summed E-state index contributed by atoms with van der Waals surface area (Å²) in [6, 6.07) is 7.80. The fraction of sp³-hybridized carbons (Fsp3) is 0.385. The lowest BCUT2D eigenvalue weighted by Gasteiger charge is -2.07. The molecule has 0 saturated carbocycles. The molecule has 0 aliphatic heterocycles. The summed E-state index contributed by atoms with van der Waals surface area (Å²) in [6.45, 7) is 4.48. The zero-order valence-corrected chi connectivity index (χ0v) is 9.71. The molecule has 0 aliphatic carbocycles. The van der Waals surface area contributed by atoms with Gasteiger partial charge in [0, 0.05) is 18.5 Å². The molecule has 0 heterocycles. The molecule has 3 nitrogen and oxygen atoms in total. The van der Waals surface area contributed by atoms with Gasteiger partial charge in [0.2, 0.25) is 0 Å². The molecule has 1 rings (SSSR count). The Labute approximate surface area is 96.1 Å². The van der Waals surface area contributed by atoms with E-state index in [1.165, 1.54) is 0 Å².